The topological polar surface area (TPSA) is 237 Å². The molecule has 0 aliphatic carbocycles. The first-order chi connectivity index (χ1) is 45.7. The molecule has 5 atom stereocenters. The molecule has 19 heteroatoms. The first-order valence-corrected chi connectivity index (χ1v) is 42.3. The maximum absolute atomic E-state index is 13.1. The van der Waals surface area contributed by atoms with Crippen molar-refractivity contribution in [1.29, 1.82) is 0 Å². The summed E-state index contributed by atoms with van der Waals surface area (Å²) in [6, 6.07) is 0. The number of aliphatic hydroxyl groups excluding tert-OH is 1. The molecule has 0 aliphatic rings. The van der Waals surface area contributed by atoms with Crippen LogP contribution in [-0.2, 0) is 65.4 Å². The van der Waals surface area contributed by atoms with Crippen LogP contribution in [0.3, 0.4) is 0 Å². The number of rotatable bonds is 76. The van der Waals surface area contributed by atoms with E-state index in [0.717, 1.165) is 89.9 Å². The number of phosphoric ester groups is 2. The molecule has 17 nitrogen and oxygen atoms in total. The monoisotopic (exact) mass is 1380 g/mol. The van der Waals surface area contributed by atoms with Gasteiger partial charge in [-0.15, -0.1) is 0 Å². The van der Waals surface area contributed by atoms with Crippen LogP contribution in [0.5, 0.6) is 0 Å². The van der Waals surface area contributed by atoms with Gasteiger partial charge in [-0.1, -0.05) is 349 Å². The molecule has 0 aromatic rings. The molecule has 2 unspecified atom stereocenters. The van der Waals surface area contributed by atoms with Gasteiger partial charge in [-0.2, -0.15) is 0 Å². The predicted octanol–water partition coefficient (Wildman–Crippen LogP) is 22.2. The van der Waals surface area contributed by atoms with Crippen molar-refractivity contribution in [3.63, 3.8) is 0 Å². The third-order valence-electron chi connectivity index (χ3n) is 17.6. The molecule has 0 spiro atoms. The zero-order valence-electron chi connectivity index (χ0n) is 60.9. The molecule has 558 valence electrons. The zero-order valence-corrected chi connectivity index (χ0v) is 62.7. The van der Waals surface area contributed by atoms with Crippen LogP contribution < -0.4 is 0 Å². The summed E-state index contributed by atoms with van der Waals surface area (Å²) in [7, 11) is -9.91. The SMILES string of the molecule is CCCCCCCCCCCCCCCCCC(=O)OC[C@H](COP(=O)(O)OC[C@@H](O)COP(=O)(O)OC[C@@H](COC(=O)CCCCCCCCCCCCC)OC(=O)CCCCCCCCCCCCCCC)OC(=O)CCCCCCCCCCCCCCCCC. The fraction of sp³-hybridized carbons (Fsp3) is 0.947. The second-order valence-electron chi connectivity index (χ2n) is 27.0. The van der Waals surface area contributed by atoms with E-state index >= 15 is 0 Å². The summed E-state index contributed by atoms with van der Waals surface area (Å²) in [6.07, 6.45) is 59.4. The van der Waals surface area contributed by atoms with Crippen molar-refractivity contribution >= 4 is 39.5 Å². The van der Waals surface area contributed by atoms with E-state index < -0.39 is 97.5 Å². The van der Waals surface area contributed by atoms with E-state index in [-0.39, 0.29) is 25.7 Å². The van der Waals surface area contributed by atoms with Crippen molar-refractivity contribution in [2.75, 3.05) is 39.6 Å². The minimum atomic E-state index is -4.95. The first-order valence-electron chi connectivity index (χ1n) is 39.3. The number of ether oxygens (including phenoxy) is 4. The number of unbranched alkanes of at least 4 members (excludes halogenated alkanes) is 50. The van der Waals surface area contributed by atoms with E-state index in [2.05, 4.69) is 27.7 Å². The van der Waals surface area contributed by atoms with Crippen molar-refractivity contribution in [2.24, 2.45) is 0 Å². The molecule has 0 radical (unpaired) electrons. The number of carbonyl (C=O) groups is 4. The van der Waals surface area contributed by atoms with Gasteiger partial charge in [0.1, 0.15) is 19.3 Å². The molecule has 0 bridgehead atoms. The number of hydrogen-bond acceptors (Lipinski definition) is 15. The van der Waals surface area contributed by atoms with Crippen molar-refractivity contribution < 1.29 is 80.2 Å². The van der Waals surface area contributed by atoms with Gasteiger partial charge in [0, 0.05) is 25.7 Å². The van der Waals surface area contributed by atoms with E-state index in [1.807, 2.05) is 0 Å². The Kier molecular flexibility index (Phi) is 68.1. The Balaban J connectivity index is 5.25. The van der Waals surface area contributed by atoms with E-state index in [1.165, 1.54) is 231 Å². The van der Waals surface area contributed by atoms with Gasteiger partial charge in [-0.05, 0) is 25.7 Å². The quantitative estimate of drug-likeness (QED) is 0.0222. The molecule has 94 heavy (non-hydrogen) atoms. The summed E-state index contributed by atoms with van der Waals surface area (Å²) in [5.41, 5.74) is 0. The third kappa shape index (κ3) is 68.6. The van der Waals surface area contributed by atoms with Crippen molar-refractivity contribution in [3.05, 3.63) is 0 Å². The Labute approximate surface area is 575 Å². The maximum Gasteiger partial charge on any atom is 0.472 e. The summed E-state index contributed by atoms with van der Waals surface area (Å²) in [4.78, 5) is 72.8. The van der Waals surface area contributed by atoms with Crippen LogP contribution >= 0.6 is 15.6 Å². The molecule has 0 aromatic carbocycles. The molecule has 0 fully saturated rings. The van der Waals surface area contributed by atoms with Crippen molar-refractivity contribution in [2.45, 2.75) is 418 Å². The number of hydrogen-bond donors (Lipinski definition) is 3. The molecular formula is C75H146O17P2. The Morgan fingerprint density at radius 2 is 0.426 bits per heavy atom. The van der Waals surface area contributed by atoms with Gasteiger partial charge in [-0.3, -0.25) is 37.3 Å². The van der Waals surface area contributed by atoms with E-state index in [1.54, 1.807) is 0 Å². The molecule has 0 aromatic heterocycles. The van der Waals surface area contributed by atoms with Crippen molar-refractivity contribution in [1.82, 2.24) is 0 Å². The average Bonchev–Trinajstić information content (AvgIpc) is 2.36. The summed E-state index contributed by atoms with van der Waals surface area (Å²) >= 11 is 0. The normalized spacial score (nSPS) is 13.9. The lowest BCUT2D eigenvalue weighted by Gasteiger charge is -2.21. The van der Waals surface area contributed by atoms with Gasteiger partial charge in [0.05, 0.1) is 26.4 Å². The van der Waals surface area contributed by atoms with Gasteiger partial charge < -0.3 is 33.8 Å². The van der Waals surface area contributed by atoms with Gasteiger partial charge >= 0.3 is 39.5 Å². The number of carbonyl (C=O) groups excluding carboxylic acids is 4. The molecule has 0 saturated heterocycles. The highest BCUT2D eigenvalue weighted by molar-refractivity contribution is 7.47. The van der Waals surface area contributed by atoms with E-state index in [9.17, 15) is 43.2 Å². The summed E-state index contributed by atoms with van der Waals surface area (Å²) in [5.74, 6) is -2.11. The smallest absolute Gasteiger partial charge is 0.462 e. The lowest BCUT2D eigenvalue weighted by Crippen LogP contribution is -2.30. The largest absolute Gasteiger partial charge is 0.472 e. The Hall–Kier alpha value is -1.94. The van der Waals surface area contributed by atoms with Crippen LogP contribution in [0.1, 0.15) is 400 Å². The second kappa shape index (κ2) is 69.5. The highest BCUT2D eigenvalue weighted by atomic mass is 31.2. The molecule has 0 amide bonds. The lowest BCUT2D eigenvalue weighted by atomic mass is 10.0. The molecule has 0 rings (SSSR count). The Morgan fingerprint density at radius 1 is 0.255 bits per heavy atom. The van der Waals surface area contributed by atoms with E-state index in [4.69, 9.17) is 37.0 Å². The Bertz CT molecular complexity index is 1790. The van der Waals surface area contributed by atoms with Gasteiger partial charge in [-0.25, -0.2) is 9.13 Å². The van der Waals surface area contributed by atoms with Crippen LogP contribution in [0, 0.1) is 0 Å². The minimum absolute atomic E-state index is 0.108. The summed E-state index contributed by atoms with van der Waals surface area (Å²) in [6.45, 7) is 4.99. The fourth-order valence-electron chi connectivity index (χ4n) is 11.6. The summed E-state index contributed by atoms with van der Waals surface area (Å²) in [5, 5.41) is 10.6. The number of phosphoric acid groups is 2. The van der Waals surface area contributed by atoms with Gasteiger partial charge in [0.2, 0.25) is 0 Å². The average molecular weight is 1380 g/mol. The van der Waals surface area contributed by atoms with Crippen LogP contribution in [0.25, 0.3) is 0 Å². The van der Waals surface area contributed by atoms with Crippen LogP contribution in [0.2, 0.25) is 0 Å². The van der Waals surface area contributed by atoms with E-state index in [0.29, 0.717) is 25.7 Å². The summed E-state index contributed by atoms with van der Waals surface area (Å²) < 4.78 is 68.5. The molecule has 3 N–H and O–H groups in total. The Morgan fingerprint density at radius 3 is 0.628 bits per heavy atom. The van der Waals surface area contributed by atoms with Crippen LogP contribution in [-0.4, -0.2) is 96.7 Å². The fourth-order valence-corrected chi connectivity index (χ4v) is 13.2. The molecule has 0 heterocycles. The standard InChI is InChI=1S/C75H146O17P2/c1-5-9-13-17-21-25-29-32-34-37-40-44-48-52-56-60-73(78)86-66-71(92-75(80)62-58-54-50-46-42-38-35-33-30-26-22-18-14-10-6-2)68-90-94(83,84)88-64-69(76)63-87-93(81,82)89-67-70(65-85-72(77)59-55-51-47-43-39-28-24-20-16-12-8-4)91-74(79)61-57-53-49-45-41-36-31-27-23-19-15-11-7-3/h69-71,76H,5-68H2,1-4H3,(H,81,82)(H,83,84)/t69-,70+,71+/m0/s1. The highest BCUT2D eigenvalue weighted by Gasteiger charge is 2.30. The van der Waals surface area contributed by atoms with Gasteiger partial charge in [0.15, 0.2) is 12.2 Å². The zero-order chi connectivity index (χ0) is 69.0. The number of aliphatic hydroxyl groups is 1. The molecule has 0 saturated carbocycles. The van der Waals surface area contributed by atoms with Crippen LogP contribution in [0.15, 0.2) is 0 Å². The first kappa shape index (κ1) is 92.1. The van der Waals surface area contributed by atoms with Gasteiger partial charge in [0.25, 0.3) is 0 Å². The predicted molar refractivity (Wildman–Crippen MR) is 382 cm³/mol. The molecule has 0 aliphatic heterocycles. The minimum Gasteiger partial charge on any atom is -0.462 e. The number of esters is 4. The second-order valence-corrected chi connectivity index (χ2v) is 29.9. The van der Waals surface area contributed by atoms with Crippen molar-refractivity contribution in [3.8, 4) is 0 Å². The van der Waals surface area contributed by atoms with Crippen LogP contribution in [0.4, 0.5) is 0 Å². The highest BCUT2D eigenvalue weighted by Crippen LogP contribution is 2.45. The lowest BCUT2D eigenvalue weighted by molar-refractivity contribution is -0.161. The third-order valence-corrected chi connectivity index (χ3v) is 19.5. The molecular weight excluding hydrogens is 1230 g/mol. The maximum atomic E-state index is 13.1.